The second-order valence-corrected chi connectivity index (χ2v) is 31.2. The molecule has 4 heterocycles. The summed E-state index contributed by atoms with van der Waals surface area (Å²) < 4.78 is 53.7. The second-order valence-electron chi connectivity index (χ2n) is 31.2. The minimum absolute atomic E-state index is 0.0192. The van der Waals surface area contributed by atoms with Crippen LogP contribution in [0, 0.1) is 5.41 Å². The molecule has 568 valence electrons. The van der Waals surface area contributed by atoms with Crippen molar-refractivity contribution in [3.05, 3.63) is 48.6 Å². The zero-order valence-corrected chi connectivity index (χ0v) is 62.9. The molecule has 0 unspecified atom stereocenters. The Morgan fingerprint density at radius 1 is 0.267 bits per heavy atom. The van der Waals surface area contributed by atoms with Gasteiger partial charge in [-0.1, -0.05) is 0 Å². The number of nitrogens with zero attached hydrogens (tertiary/aromatic N) is 4. The van der Waals surface area contributed by atoms with Crippen molar-refractivity contribution in [3.63, 3.8) is 0 Å². The van der Waals surface area contributed by atoms with E-state index in [9.17, 15) is 57.5 Å². The van der Waals surface area contributed by atoms with Gasteiger partial charge in [-0.05, 0) is 162 Å². The Morgan fingerprint density at radius 2 is 0.426 bits per heavy atom. The summed E-state index contributed by atoms with van der Waals surface area (Å²) in [7, 11) is 0. The maximum atomic E-state index is 12.7. The standard InChI is InChI=1S/C73H116N8O20/c1-65(2,29-37-74-53(82)25-41-78-57(86)17-18-58(78)87)94-45-33-69(9,10)98-49-73(50-99-70(11,12)34-46-95-66(3,4)30-38-75-54(83)26-42-79-59(88)19-20-60(79)89,51-100-71(13,14)35-47-96-67(5,6)31-39-76-55(84)27-43-80-61(90)21-22-62(80)91)52-101-72(15,16)36-48-97-68(7,8)32-40-77-56(85)28-44-81-63(92)23-24-64(81)93/h17-24H,25-52H2,1-16H3,(H,74,82)(H,75,83)(H,76,84)(H,77,85). The van der Waals surface area contributed by atoms with Crippen molar-refractivity contribution in [1.82, 2.24) is 40.9 Å². The molecule has 12 amide bonds. The first kappa shape index (κ1) is 86.5. The molecule has 0 fully saturated rings. The van der Waals surface area contributed by atoms with Crippen molar-refractivity contribution in [2.45, 2.75) is 233 Å². The van der Waals surface area contributed by atoms with E-state index in [4.69, 9.17) is 37.9 Å². The molecule has 28 nitrogen and oxygen atoms in total. The summed E-state index contributed by atoms with van der Waals surface area (Å²) in [5.74, 6) is -4.78. The highest BCUT2D eigenvalue weighted by Crippen LogP contribution is 2.34. The van der Waals surface area contributed by atoms with Gasteiger partial charge in [0.25, 0.3) is 47.3 Å². The Morgan fingerprint density at radius 3 is 0.594 bits per heavy atom. The van der Waals surface area contributed by atoms with Crippen LogP contribution < -0.4 is 21.3 Å². The molecule has 4 aliphatic heterocycles. The molecule has 0 aromatic heterocycles. The van der Waals surface area contributed by atoms with E-state index in [1.807, 2.05) is 111 Å². The van der Waals surface area contributed by atoms with Crippen molar-refractivity contribution in [2.24, 2.45) is 5.41 Å². The molecular formula is C73H116N8O20. The number of ether oxygens (including phenoxy) is 8. The van der Waals surface area contributed by atoms with Gasteiger partial charge in [-0.3, -0.25) is 77.1 Å². The number of amides is 12. The fourth-order valence-corrected chi connectivity index (χ4v) is 10.3. The van der Waals surface area contributed by atoms with Gasteiger partial charge in [-0.15, -0.1) is 0 Å². The fraction of sp³-hybridized carbons (Fsp3) is 0.726. The molecule has 0 aliphatic carbocycles. The lowest BCUT2D eigenvalue weighted by Crippen LogP contribution is -2.49. The lowest BCUT2D eigenvalue weighted by molar-refractivity contribution is -0.197. The molecule has 0 atom stereocenters. The van der Waals surface area contributed by atoms with Crippen LogP contribution in [0.15, 0.2) is 48.6 Å². The molecule has 4 N–H and O–H groups in total. The van der Waals surface area contributed by atoms with Crippen LogP contribution >= 0.6 is 0 Å². The van der Waals surface area contributed by atoms with Crippen LogP contribution in [0.25, 0.3) is 0 Å². The first-order valence-electron chi connectivity index (χ1n) is 35.2. The molecule has 0 radical (unpaired) electrons. The highest BCUT2D eigenvalue weighted by atomic mass is 16.6. The number of carbonyl (C=O) groups excluding carboxylic acids is 12. The summed E-state index contributed by atoms with van der Waals surface area (Å²) >= 11 is 0. The lowest BCUT2D eigenvalue weighted by atomic mass is 9.89. The van der Waals surface area contributed by atoms with E-state index in [-0.39, 0.29) is 102 Å². The zero-order valence-electron chi connectivity index (χ0n) is 62.9. The quantitative estimate of drug-likeness (QED) is 0.0570. The minimum Gasteiger partial charge on any atom is -0.375 e. The van der Waals surface area contributed by atoms with Gasteiger partial charge in [0.1, 0.15) is 0 Å². The Kier molecular flexibility index (Phi) is 33.0. The molecular weight excluding hydrogens is 1310 g/mol. The molecule has 0 aromatic rings. The predicted octanol–water partition coefficient (Wildman–Crippen LogP) is 5.18. The third-order valence-electron chi connectivity index (χ3n) is 17.9. The summed E-state index contributed by atoms with van der Waals surface area (Å²) in [5, 5.41) is 11.5. The van der Waals surface area contributed by atoms with Crippen LogP contribution in [0.2, 0.25) is 0 Å². The molecule has 0 spiro atoms. The third-order valence-corrected chi connectivity index (χ3v) is 17.9. The number of carbonyl (C=O) groups is 12. The van der Waals surface area contributed by atoms with Crippen LogP contribution in [0.5, 0.6) is 0 Å². The minimum atomic E-state index is -0.994. The summed E-state index contributed by atoms with van der Waals surface area (Å²) in [6.45, 7) is 33.9. The van der Waals surface area contributed by atoms with Crippen molar-refractivity contribution >= 4 is 70.9 Å². The van der Waals surface area contributed by atoms with E-state index in [1.165, 1.54) is 48.6 Å². The van der Waals surface area contributed by atoms with E-state index < -0.39 is 97.5 Å². The summed E-state index contributed by atoms with van der Waals surface area (Å²) in [6.07, 6.45) is 13.0. The monoisotopic (exact) mass is 1420 g/mol. The van der Waals surface area contributed by atoms with E-state index in [0.717, 1.165) is 19.6 Å². The van der Waals surface area contributed by atoms with E-state index >= 15 is 0 Å². The second kappa shape index (κ2) is 38.6. The van der Waals surface area contributed by atoms with Crippen molar-refractivity contribution in [3.8, 4) is 0 Å². The molecule has 0 saturated carbocycles. The number of nitrogens with one attached hydrogen (secondary N) is 4. The highest BCUT2D eigenvalue weighted by Gasteiger charge is 2.41. The zero-order chi connectivity index (χ0) is 75.7. The maximum Gasteiger partial charge on any atom is 0.253 e. The molecule has 4 rings (SSSR count). The largest absolute Gasteiger partial charge is 0.375 e. The van der Waals surface area contributed by atoms with Gasteiger partial charge in [0.05, 0.1) is 103 Å². The smallest absolute Gasteiger partial charge is 0.253 e. The number of hydrogen-bond acceptors (Lipinski definition) is 20. The maximum absolute atomic E-state index is 12.7. The number of hydrogen-bond donors (Lipinski definition) is 4. The third kappa shape index (κ3) is 33.0. The Balaban J connectivity index is 1.49. The molecule has 0 aromatic carbocycles. The van der Waals surface area contributed by atoms with Crippen molar-refractivity contribution < 1.29 is 95.4 Å². The Bertz CT molecular complexity index is 2560. The lowest BCUT2D eigenvalue weighted by Gasteiger charge is -2.42. The normalized spacial score (nSPS) is 15.8. The number of rotatable bonds is 52. The first-order chi connectivity index (χ1) is 46.8. The highest BCUT2D eigenvalue weighted by molar-refractivity contribution is 6.15. The topological polar surface area (TPSA) is 340 Å². The van der Waals surface area contributed by atoms with Crippen molar-refractivity contribution in [2.75, 3.05) is 105 Å². The predicted molar refractivity (Wildman–Crippen MR) is 374 cm³/mol. The van der Waals surface area contributed by atoms with Crippen LogP contribution in [0.1, 0.15) is 188 Å². The van der Waals surface area contributed by atoms with Crippen LogP contribution in [-0.4, -0.2) is 241 Å². The SMILES string of the molecule is CC(C)(CCNC(=O)CCN1C(=O)C=CC1=O)OCCC(C)(C)OCC(COC(C)(C)CCOC(C)(C)CCNC(=O)CCN1C(=O)C=CC1=O)(COC(C)(C)CCOC(C)(C)CCNC(=O)CCN1C(=O)C=CC1=O)COC(C)(C)CCOC(C)(C)CCNC(=O)CCN1C(=O)C=CC1=O. The van der Waals surface area contributed by atoms with Gasteiger partial charge in [0, 0.05) is 127 Å². The van der Waals surface area contributed by atoms with Gasteiger partial charge < -0.3 is 59.2 Å². The number of imide groups is 4. The average molecular weight is 1430 g/mol. The van der Waals surface area contributed by atoms with E-state index in [2.05, 4.69) is 21.3 Å². The van der Waals surface area contributed by atoms with Gasteiger partial charge in [0.2, 0.25) is 23.6 Å². The molecule has 0 saturated heterocycles. The van der Waals surface area contributed by atoms with Gasteiger partial charge in [-0.25, -0.2) is 0 Å². The molecule has 28 heteroatoms. The summed E-state index contributed by atoms with van der Waals surface area (Å²) in [6, 6.07) is 0. The Hall–Kier alpha value is -6.92. The first-order valence-corrected chi connectivity index (χ1v) is 35.2. The van der Waals surface area contributed by atoms with E-state index in [1.54, 1.807) is 0 Å². The summed E-state index contributed by atoms with van der Waals surface area (Å²) in [5.41, 5.74) is -6.80. The van der Waals surface area contributed by atoms with Gasteiger partial charge >= 0.3 is 0 Å². The fourth-order valence-electron chi connectivity index (χ4n) is 10.3. The van der Waals surface area contributed by atoms with Crippen LogP contribution in [-0.2, 0) is 95.4 Å². The van der Waals surface area contributed by atoms with Gasteiger partial charge in [0.15, 0.2) is 0 Å². The summed E-state index contributed by atoms with van der Waals surface area (Å²) in [4.78, 5) is 151. The van der Waals surface area contributed by atoms with Crippen molar-refractivity contribution in [1.29, 1.82) is 0 Å². The van der Waals surface area contributed by atoms with E-state index in [0.29, 0.717) is 104 Å². The molecule has 101 heavy (non-hydrogen) atoms. The molecule has 4 aliphatic rings. The van der Waals surface area contributed by atoms with Crippen LogP contribution in [0.4, 0.5) is 0 Å². The van der Waals surface area contributed by atoms with Crippen LogP contribution in [0.3, 0.4) is 0 Å². The van der Waals surface area contributed by atoms with Gasteiger partial charge in [-0.2, -0.15) is 0 Å². The Labute approximate surface area is 596 Å². The molecule has 0 bridgehead atoms. The average Bonchev–Trinajstić information content (AvgIpc) is 1.73.